The van der Waals surface area contributed by atoms with Crippen LogP contribution in [0.1, 0.15) is 29.9 Å². The highest BCUT2D eigenvalue weighted by atomic mass is 16.3. The summed E-state index contributed by atoms with van der Waals surface area (Å²) < 4.78 is 5.35. The summed E-state index contributed by atoms with van der Waals surface area (Å²) >= 11 is 0. The van der Waals surface area contributed by atoms with Crippen LogP contribution in [0, 0.1) is 0 Å². The summed E-state index contributed by atoms with van der Waals surface area (Å²) in [7, 11) is 0. The van der Waals surface area contributed by atoms with E-state index in [-0.39, 0.29) is 0 Å². The van der Waals surface area contributed by atoms with Gasteiger partial charge in [-0.2, -0.15) is 0 Å². The molecule has 0 atom stereocenters. The van der Waals surface area contributed by atoms with Gasteiger partial charge in [0, 0.05) is 42.7 Å². The molecule has 4 rings (SSSR count). The maximum atomic E-state index is 5.35. The largest absolute Gasteiger partial charge is 0.469 e. The summed E-state index contributed by atoms with van der Waals surface area (Å²) in [5.74, 6) is 1.04. The molecule has 1 aromatic carbocycles. The van der Waals surface area contributed by atoms with E-state index >= 15 is 0 Å². The number of furan rings is 1. The lowest BCUT2D eigenvalue weighted by molar-refractivity contribution is 0.328. The summed E-state index contributed by atoms with van der Waals surface area (Å²) in [6.07, 6.45) is 5.34. The lowest BCUT2D eigenvalue weighted by atomic mass is 10.1. The van der Waals surface area contributed by atoms with Crippen molar-refractivity contribution in [3.63, 3.8) is 0 Å². The summed E-state index contributed by atoms with van der Waals surface area (Å²) in [6, 6.07) is 13.0. The average Bonchev–Trinajstić information content (AvgIpc) is 3.33. The zero-order valence-corrected chi connectivity index (χ0v) is 14.1. The minimum atomic E-state index is 0.892. The van der Waals surface area contributed by atoms with Crippen LogP contribution in [0.5, 0.6) is 0 Å². The van der Waals surface area contributed by atoms with E-state index in [0.29, 0.717) is 0 Å². The molecule has 0 radical (unpaired) electrons. The highest BCUT2D eigenvalue weighted by molar-refractivity contribution is 5.81. The maximum absolute atomic E-state index is 5.35. The van der Waals surface area contributed by atoms with Crippen molar-refractivity contribution >= 4 is 10.9 Å². The van der Waals surface area contributed by atoms with Crippen LogP contribution in [0.3, 0.4) is 0 Å². The van der Waals surface area contributed by atoms with E-state index in [1.54, 1.807) is 6.26 Å². The van der Waals surface area contributed by atoms with Gasteiger partial charge in [-0.25, -0.2) is 0 Å². The van der Waals surface area contributed by atoms with Crippen molar-refractivity contribution < 1.29 is 4.42 Å². The monoisotopic (exact) mass is 323 g/mol. The Balaban J connectivity index is 1.34. The van der Waals surface area contributed by atoms with Gasteiger partial charge in [0.25, 0.3) is 0 Å². The number of benzene rings is 1. The van der Waals surface area contributed by atoms with Gasteiger partial charge in [0.2, 0.25) is 0 Å². The van der Waals surface area contributed by atoms with Gasteiger partial charge in [-0.1, -0.05) is 6.07 Å². The first-order chi connectivity index (χ1) is 11.9. The molecule has 4 nitrogen and oxygen atoms in total. The number of likely N-dealkylation sites (tertiary alicyclic amines) is 1. The maximum Gasteiger partial charge on any atom is 0.105 e. The fourth-order valence-electron chi connectivity index (χ4n) is 3.52. The average molecular weight is 323 g/mol. The molecule has 0 unspecified atom stereocenters. The topological polar surface area (TPSA) is 44.2 Å². The Morgan fingerprint density at radius 3 is 2.88 bits per heavy atom. The van der Waals surface area contributed by atoms with Crippen molar-refractivity contribution in [2.45, 2.75) is 32.4 Å². The van der Waals surface area contributed by atoms with Crippen LogP contribution in [0.25, 0.3) is 10.9 Å². The van der Waals surface area contributed by atoms with Gasteiger partial charge in [-0.15, -0.1) is 0 Å². The summed E-state index contributed by atoms with van der Waals surface area (Å²) in [5, 5.41) is 4.81. The number of aromatic nitrogens is 1. The number of nitrogens with zero attached hydrogens (tertiary/aromatic N) is 1. The quantitative estimate of drug-likeness (QED) is 0.652. The molecule has 4 heteroatoms. The molecule has 1 fully saturated rings. The molecule has 1 aliphatic rings. The number of aromatic amines is 1. The zero-order chi connectivity index (χ0) is 16.2. The molecule has 0 aliphatic carbocycles. The molecule has 0 bridgehead atoms. The lowest BCUT2D eigenvalue weighted by Gasteiger charge is -2.12. The first-order valence-electron chi connectivity index (χ1n) is 8.93. The highest BCUT2D eigenvalue weighted by Crippen LogP contribution is 2.20. The number of hydrogen-bond acceptors (Lipinski definition) is 3. The Hall–Kier alpha value is -2.04. The van der Waals surface area contributed by atoms with E-state index in [1.807, 2.05) is 12.1 Å². The molecular weight excluding hydrogens is 298 g/mol. The highest BCUT2D eigenvalue weighted by Gasteiger charge is 2.13. The van der Waals surface area contributed by atoms with E-state index in [9.17, 15) is 0 Å². The Bertz CT molecular complexity index is 769. The van der Waals surface area contributed by atoms with Gasteiger partial charge in [-0.3, -0.25) is 4.90 Å². The molecule has 0 amide bonds. The fraction of sp³-hybridized carbons (Fsp3) is 0.400. The van der Waals surface area contributed by atoms with Gasteiger partial charge < -0.3 is 14.7 Å². The van der Waals surface area contributed by atoms with Crippen molar-refractivity contribution in [1.29, 1.82) is 0 Å². The molecule has 126 valence electrons. The number of H-pyrrole nitrogens is 1. The van der Waals surface area contributed by atoms with Crippen molar-refractivity contribution in [3.05, 3.63) is 59.7 Å². The second-order valence-electron chi connectivity index (χ2n) is 6.71. The van der Waals surface area contributed by atoms with Crippen LogP contribution < -0.4 is 5.32 Å². The molecule has 0 saturated carbocycles. The van der Waals surface area contributed by atoms with E-state index < -0.39 is 0 Å². The summed E-state index contributed by atoms with van der Waals surface area (Å²) in [4.78, 5) is 6.09. The van der Waals surface area contributed by atoms with Crippen LogP contribution in [0.4, 0.5) is 0 Å². The molecule has 3 aromatic rings. The fourth-order valence-corrected chi connectivity index (χ4v) is 3.52. The molecule has 1 saturated heterocycles. The van der Waals surface area contributed by atoms with Crippen LogP contribution in [0.15, 0.2) is 47.1 Å². The van der Waals surface area contributed by atoms with Crippen molar-refractivity contribution in [2.24, 2.45) is 0 Å². The molecule has 0 spiro atoms. The van der Waals surface area contributed by atoms with Gasteiger partial charge >= 0.3 is 0 Å². The normalized spacial score (nSPS) is 15.5. The molecule has 24 heavy (non-hydrogen) atoms. The number of fused-ring (bicyclic) bond motifs is 1. The first-order valence-corrected chi connectivity index (χ1v) is 8.93. The first kappa shape index (κ1) is 15.5. The van der Waals surface area contributed by atoms with Crippen LogP contribution in [-0.2, 0) is 19.5 Å². The molecule has 1 aliphatic heterocycles. The van der Waals surface area contributed by atoms with E-state index in [0.717, 1.165) is 31.8 Å². The Kier molecular flexibility index (Phi) is 4.67. The van der Waals surface area contributed by atoms with Crippen LogP contribution in [-0.4, -0.2) is 29.5 Å². The second-order valence-corrected chi connectivity index (χ2v) is 6.71. The Morgan fingerprint density at radius 1 is 1.12 bits per heavy atom. The second kappa shape index (κ2) is 7.24. The Morgan fingerprint density at radius 2 is 2.04 bits per heavy atom. The minimum Gasteiger partial charge on any atom is -0.469 e. The van der Waals surface area contributed by atoms with Gasteiger partial charge in [0.1, 0.15) is 5.76 Å². The SMILES string of the molecule is c1coc(CCNCc2ccc3[nH]c(CN4CCCC4)cc3c2)c1. The number of rotatable bonds is 7. The third-order valence-corrected chi connectivity index (χ3v) is 4.79. The predicted octanol–water partition coefficient (Wildman–Crippen LogP) is 3.69. The number of hydrogen-bond donors (Lipinski definition) is 2. The van der Waals surface area contributed by atoms with Gasteiger partial charge in [0.05, 0.1) is 6.26 Å². The molecular formula is C20H25N3O. The molecule has 2 N–H and O–H groups in total. The predicted molar refractivity (Wildman–Crippen MR) is 96.9 cm³/mol. The minimum absolute atomic E-state index is 0.892. The van der Waals surface area contributed by atoms with Crippen LogP contribution >= 0.6 is 0 Å². The third-order valence-electron chi connectivity index (χ3n) is 4.79. The molecule has 3 heterocycles. The zero-order valence-electron chi connectivity index (χ0n) is 14.1. The van der Waals surface area contributed by atoms with Gasteiger partial charge in [0.15, 0.2) is 0 Å². The molecule has 2 aromatic heterocycles. The van der Waals surface area contributed by atoms with Crippen LogP contribution in [0.2, 0.25) is 0 Å². The summed E-state index contributed by atoms with van der Waals surface area (Å²) in [5.41, 5.74) is 3.90. The Labute approximate surface area is 142 Å². The standard InChI is InChI=1S/C20H25N3O/c1-2-10-23(9-1)15-18-13-17-12-16(5-6-20(17)22-18)14-21-8-7-19-4-3-11-24-19/h3-6,11-13,21-22H,1-2,7-10,14-15H2. The van der Waals surface area contributed by atoms with Gasteiger partial charge in [-0.05, 0) is 61.8 Å². The van der Waals surface area contributed by atoms with Crippen molar-refractivity contribution in [2.75, 3.05) is 19.6 Å². The van der Waals surface area contributed by atoms with Crippen molar-refractivity contribution in [3.8, 4) is 0 Å². The van der Waals surface area contributed by atoms with E-state index in [4.69, 9.17) is 4.42 Å². The third kappa shape index (κ3) is 3.71. The summed E-state index contributed by atoms with van der Waals surface area (Å²) in [6.45, 7) is 5.34. The van der Waals surface area contributed by atoms with Crippen molar-refractivity contribution in [1.82, 2.24) is 15.2 Å². The lowest BCUT2D eigenvalue weighted by Crippen LogP contribution is -2.18. The van der Waals surface area contributed by atoms with E-state index in [2.05, 4.69) is 39.5 Å². The van der Waals surface area contributed by atoms with E-state index in [1.165, 1.54) is 48.1 Å². The number of nitrogens with one attached hydrogen (secondary N) is 2. The smallest absolute Gasteiger partial charge is 0.105 e.